The fourth-order valence-corrected chi connectivity index (χ4v) is 2.75. The van der Waals surface area contributed by atoms with E-state index in [9.17, 15) is 10.1 Å². The third-order valence-corrected chi connectivity index (χ3v) is 4.15. The molecule has 7 nitrogen and oxygen atoms in total. The number of benzene rings is 2. The standard InChI is InChI=1S/C18H17ClN4O3/c19-16-12-15(22-8-10-25-11-9-22)6-7-17(16)26-21-18(24)23(13-20)14-4-2-1-3-5-14/h1-7,12H,8-11H2,(H,21,24). The van der Waals surface area contributed by atoms with Gasteiger partial charge in [-0.2, -0.15) is 15.6 Å². The number of rotatable bonds is 4. The maximum absolute atomic E-state index is 12.2. The number of ether oxygens (including phenoxy) is 1. The molecule has 0 bridgehead atoms. The van der Waals surface area contributed by atoms with E-state index in [0.717, 1.165) is 23.7 Å². The quantitative estimate of drug-likeness (QED) is 0.506. The number of hydroxylamine groups is 1. The highest BCUT2D eigenvalue weighted by atomic mass is 35.5. The summed E-state index contributed by atoms with van der Waals surface area (Å²) in [5.74, 6) is 0.294. The summed E-state index contributed by atoms with van der Waals surface area (Å²) in [7, 11) is 0. The molecule has 134 valence electrons. The topological polar surface area (TPSA) is 77.8 Å². The average Bonchev–Trinajstić information content (AvgIpc) is 2.69. The van der Waals surface area contributed by atoms with Crippen LogP contribution in [-0.4, -0.2) is 32.3 Å². The van der Waals surface area contributed by atoms with Crippen LogP contribution in [0.4, 0.5) is 16.2 Å². The first-order valence-electron chi connectivity index (χ1n) is 8.03. The van der Waals surface area contributed by atoms with Crippen LogP contribution >= 0.6 is 11.6 Å². The zero-order valence-electron chi connectivity index (χ0n) is 13.9. The van der Waals surface area contributed by atoms with Gasteiger partial charge in [-0.25, -0.2) is 4.79 Å². The summed E-state index contributed by atoms with van der Waals surface area (Å²) in [5, 5.41) is 9.56. The van der Waals surface area contributed by atoms with Gasteiger partial charge >= 0.3 is 6.03 Å². The molecule has 0 aromatic heterocycles. The number of urea groups is 1. The fraction of sp³-hybridized carbons (Fsp3) is 0.222. The van der Waals surface area contributed by atoms with Gasteiger partial charge in [0.15, 0.2) is 11.9 Å². The Balaban J connectivity index is 1.64. The van der Waals surface area contributed by atoms with Crippen LogP contribution in [0, 0.1) is 11.5 Å². The Morgan fingerprint density at radius 3 is 2.62 bits per heavy atom. The maximum atomic E-state index is 12.2. The molecule has 0 saturated carbocycles. The molecule has 3 rings (SSSR count). The molecule has 1 N–H and O–H groups in total. The van der Waals surface area contributed by atoms with Crippen molar-refractivity contribution in [1.29, 1.82) is 5.26 Å². The molecule has 0 spiro atoms. The van der Waals surface area contributed by atoms with Gasteiger partial charge in [0.2, 0.25) is 0 Å². The summed E-state index contributed by atoms with van der Waals surface area (Å²) in [4.78, 5) is 20.5. The van der Waals surface area contributed by atoms with Crippen LogP contribution in [0.3, 0.4) is 0 Å². The van der Waals surface area contributed by atoms with Crippen molar-refractivity contribution in [3.05, 3.63) is 53.6 Å². The first kappa shape index (κ1) is 17.9. The zero-order valence-corrected chi connectivity index (χ0v) is 14.6. The predicted molar refractivity (Wildman–Crippen MR) is 98.2 cm³/mol. The van der Waals surface area contributed by atoms with E-state index >= 15 is 0 Å². The monoisotopic (exact) mass is 372 g/mol. The van der Waals surface area contributed by atoms with E-state index in [2.05, 4.69) is 10.4 Å². The second-order valence-corrected chi connectivity index (χ2v) is 5.90. The Morgan fingerprint density at radius 1 is 1.23 bits per heavy atom. The lowest BCUT2D eigenvalue weighted by Crippen LogP contribution is -2.39. The number of amides is 2. The smallest absolute Gasteiger partial charge is 0.368 e. The van der Waals surface area contributed by atoms with Gasteiger partial charge in [0.05, 0.1) is 23.9 Å². The second kappa shape index (κ2) is 8.43. The molecule has 0 atom stereocenters. The Bertz CT molecular complexity index is 804. The van der Waals surface area contributed by atoms with Crippen molar-refractivity contribution >= 4 is 29.0 Å². The van der Waals surface area contributed by atoms with Crippen LogP contribution in [0.15, 0.2) is 48.5 Å². The van der Waals surface area contributed by atoms with Crippen LogP contribution in [0.5, 0.6) is 5.75 Å². The number of nitriles is 1. The third-order valence-electron chi connectivity index (χ3n) is 3.86. The van der Waals surface area contributed by atoms with Crippen LogP contribution in [0.1, 0.15) is 0 Å². The largest absolute Gasteiger partial charge is 0.378 e. The van der Waals surface area contributed by atoms with Crippen LogP contribution in [0.25, 0.3) is 0 Å². The summed E-state index contributed by atoms with van der Waals surface area (Å²) in [6.07, 6.45) is 1.81. The van der Waals surface area contributed by atoms with Crippen LogP contribution in [0.2, 0.25) is 5.02 Å². The van der Waals surface area contributed by atoms with E-state index in [1.165, 1.54) is 0 Å². The molecular formula is C18H17ClN4O3. The first-order valence-corrected chi connectivity index (χ1v) is 8.41. The minimum absolute atomic E-state index is 0.294. The number of morpholine rings is 1. The zero-order chi connectivity index (χ0) is 18.4. The van der Waals surface area contributed by atoms with Gasteiger partial charge in [-0.1, -0.05) is 29.8 Å². The van der Waals surface area contributed by atoms with E-state index in [4.69, 9.17) is 21.2 Å². The van der Waals surface area contributed by atoms with Gasteiger partial charge in [0, 0.05) is 18.8 Å². The number of nitrogens with one attached hydrogen (secondary N) is 1. The molecule has 0 radical (unpaired) electrons. The molecule has 8 heteroatoms. The van der Waals surface area contributed by atoms with Gasteiger partial charge in [-0.15, -0.1) is 0 Å². The number of para-hydroxylation sites is 1. The van der Waals surface area contributed by atoms with E-state index in [-0.39, 0.29) is 0 Å². The molecule has 2 aromatic carbocycles. The summed E-state index contributed by atoms with van der Waals surface area (Å²) in [5.41, 5.74) is 3.63. The van der Waals surface area contributed by atoms with Gasteiger partial charge in [-0.3, -0.25) is 0 Å². The number of carbonyl (C=O) groups is 1. The van der Waals surface area contributed by atoms with E-state index in [0.29, 0.717) is 29.7 Å². The molecule has 1 heterocycles. The molecule has 0 aliphatic carbocycles. The van der Waals surface area contributed by atoms with Crippen molar-refractivity contribution in [3.63, 3.8) is 0 Å². The third kappa shape index (κ3) is 4.17. The summed E-state index contributed by atoms with van der Waals surface area (Å²) >= 11 is 6.25. The highest BCUT2D eigenvalue weighted by Gasteiger charge is 2.17. The second-order valence-electron chi connectivity index (χ2n) is 5.49. The molecule has 1 saturated heterocycles. The Hall–Kier alpha value is -2.95. The molecule has 2 amide bonds. The molecule has 26 heavy (non-hydrogen) atoms. The molecular weight excluding hydrogens is 356 g/mol. The van der Waals surface area contributed by atoms with Gasteiger partial charge in [0.25, 0.3) is 0 Å². The van der Waals surface area contributed by atoms with Crippen molar-refractivity contribution in [2.24, 2.45) is 0 Å². The highest BCUT2D eigenvalue weighted by Crippen LogP contribution is 2.29. The molecule has 1 aliphatic rings. The van der Waals surface area contributed by atoms with Crippen molar-refractivity contribution in [1.82, 2.24) is 5.48 Å². The molecule has 1 fully saturated rings. The fourth-order valence-electron chi connectivity index (χ4n) is 2.53. The normalized spacial score (nSPS) is 13.6. The first-order chi connectivity index (χ1) is 12.7. The summed E-state index contributed by atoms with van der Waals surface area (Å²) in [6.45, 7) is 2.94. The SMILES string of the molecule is N#CN(C(=O)NOc1ccc(N2CCOCC2)cc1Cl)c1ccccc1. The number of carbonyl (C=O) groups excluding carboxylic acids is 1. The lowest BCUT2D eigenvalue weighted by molar-refractivity contribution is 0.122. The lowest BCUT2D eigenvalue weighted by atomic mass is 10.2. The average molecular weight is 373 g/mol. The minimum Gasteiger partial charge on any atom is -0.378 e. The summed E-state index contributed by atoms with van der Waals surface area (Å²) < 4.78 is 5.33. The highest BCUT2D eigenvalue weighted by molar-refractivity contribution is 6.32. The van der Waals surface area contributed by atoms with Gasteiger partial charge in [0.1, 0.15) is 0 Å². The number of hydrogen-bond donors (Lipinski definition) is 1. The molecule has 1 aliphatic heterocycles. The van der Waals surface area contributed by atoms with E-state index in [1.54, 1.807) is 42.5 Å². The predicted octanol–water partition coefficient (Wildman–Crippen LogP) is 3.17. The molecule has 0 unspecified atom stereocenters. The minimum atomic E-state index is -0.716. The van der Waals surface area contributed by atoms with E-state index in [1.807, 2.05) is 12.3 Å². The van der Waals surface area contributed by atoms with E-state index < -0.39 is 6.03 Å². The van der Waals surface area contributed by atoms with Crippen molar-refractivity contribution in [2.45, 2.75) is 0 Å². The van der Waals surface area contributed by atoms with Crippen molar-refractivity contribution < 1.29 is 14.4 Å². The Morgan fingerprint density at radius 2 is 1.96 bits per heavy atom. The summed E-state index contributed by atoms with van der Waals surface area (Å²) in [6, 6.07) is 13.1. The van der Waals surface area contributed by atoms with Crippen molar-refractivity contribution in [2.75, 3.05) is 36.1 Å². The number of nitrogens with zero attached hydrogens (tertiary/aromatic N) is 3. The number of anilines is 2. The van der Waals surface area contributed by atoms with Crippen LogP contribution < -0.4 is 20.1 Å². The Kier molecular flexibility index (Phi) is 5.79. The lowest BCUT2D eigenvalue weighted by Gasteiger charge is -2.29. The number of hydrogen-bond acceptors (Lipinski definition) is 5. The molecule has 2 aromatic rings. The Labute approximate surface area is 156 Å². The van der Waals surface area contributed by atoms with Gasteiger partial charge < -0.3 is 14.5 Å². The van der Waals surface area contributed by atoms with Crippen LogP contribution in [-0.2, 0) is 4.74 Å². The van der Waals surface area contributed by atoms with Gasteiger partial charge in [-0.05, 0) is 30.3 Å². The maximum Gasteiger partial charge on any atom is 0.368 e. The number of halogens is 1. The van der Waals surface area contributed by atoms with Crippen molar-refractivity contribution in [3.8, 4) is 11.9 Å².